The molecular weight excluding hydrogens is 517 g/mol. The van der Waals surface area contributed by atoms with Crippen molar-refractivity contribution < 1.29 is 13.2 Å². The quantitative estimate of drug-likeness (QED) is 0.268. The summed E-state index contributed by atoms with van der Waals surface area (Å²) >= 11 is 0. The van der Waals surface area contributed by atoms with Crippen molar-refractivity contribution in [3.8, 4) is 0 Å². The van der Waals surface area contributed by atoms with E-state index in [0.717, 1.165) is 37.3 Å². The first-order valence-corrected chi connectivity index (χ1v) is 13.4. The normalized spacial score (nSPS) is 18.1. The molecule has 0 aliphatic heterocycles. The fourth-order valence-electron chi connectivity index (χ4n) is 6.24. The third-order valence-electron chi connectivity index (χ3n) is 8.21. The summed E-state index contributed by atoms with van der Waals surface area (Å²) in [6, 6.07) is 8.25. The van der Waals surface area contributed by atoms with Crippen molar-refractivity contribution in [2.45, 2.75) is 64.1 Å². The fraction of sp³-hybridized carbons (Fsp3) is 0.367. The van der Waals surface area contributed by atoms with Gasteiger partial charge in [-0.2, -0.15) is 18.3 Å². The highest BCUT2D eigenvalue weighted by molar-refractivity contribution is 5.84. The minimum absolute atomic E-state index is 0.0262. The number of pyridine rings is 2. The van der Waals surface area contributed by atoms with Crippen LogP contribution >= 0.6 is 0 Å². The first-order chi connectivity index (χ1) is 19.1. The summed E-state index contributed by atoms with van der Waals surface area (Å²) < 4.78 is 44.4. The molecule has 0 spiro atoms. The molecule has 0 unspecified atom stereocenters. The Bertz CT molecular complexity index is 1800. The van der Waals surface area contributed by atoms with Gasteiger partial charge in [-0.15, -0.1) is 0 Å². The molecule has 10 heteroatoms. The van der Waals surface area contributed by atoms with Gasteiger partial charge in [-0.05, 0) is 86.8 Å². The van der Waals surface area contributed by atoms with Crippen molar-refractivity contribution in [2.75, 3.05) is 0 Å². The van der Waals surface area contributed by atoms with Gasteiger partial charge in [0.25, 0.3) is 5.56 Å². The van der Waals surface area contributed by atoms with Crippen molar-refractivity contribution in [2.24, 2.45) is 7.05 Å². The molecule has 5 aromatic rings. The zero-order valence-electron chi connectivity index (χ0n) is 22.5. The minimum Gasteiger partial charge on any atom is -0.285 e. The van der Waals surface area contributed by atoms with Gasteiger partial charge < -0.3 is 0 Å². The van der Waals surface area contributed by atoms with Gasteiger partial charge in [-0.3, -0.25) is 24.0 Å². The van der Waals surface area contributed by atoms with Crippen LogP contribution in [0, 0.1) is 13.8 Å². The highest BCUT2D eigenvalue weighted by Gasteiger charge is 2.34. The van der Waals surface area contributed by atoms with Gasteiger partial charge in [-0.1, -0.05) is 6.07 Å². The molecule has 4 aromatic heterocycles. The van der Waals surface area contributed by atoms with Gasteiger partial charge in [0.1, 0.15) is 5.52 Å². The van der Waals surface area contributed by atoms with Crippen LogP contribution in [0.5, 0.6) is 0 Å². The van der Waals surface area contributed by atoms with E-state index in [0.29, 0.717) is 22.7 Å². The first-order valence-electron chi connectivity index (χ1n) is 13.4. The van der Waals surface area contributed by atoms with Crippen LogP contribution in [-0.2, 0) is 19.8 Å². The summed E-state index contributed by atoms with van der Waals surface area (Å²) in [6.45, 7) is 3.53. The Kier molecular flexibility index (Phi) is 6.43. The molecule has 0 saturated heterocycles. The summed E-state index contributed by atoms with van der Waals surface area (Å²) in [5, 5.41) is 5.62. The Balaban J connectivity index is 1.37. The molecule has 0 N–H and O–H groups in total. The Morgan fingerprint density at radius 2 is 1.75 bits per heavy atom. The SMILES string of the molecule is Cc1cnc2cc([C@H]3CC[C@H](c4c(C)ccc5c4cnn5C)CC3)c(=O)n(Cc3ncccc3C(F)(F)F)c2n1. The van der Waals surface area contributed by atoms with Crippen LogP contribution in [0.4, 0.5) is 13.2 Å². The molecule has 4 heterocycles. The van der Waals surface area contributed by atoms with Crippen molar-refractivity contribution >= 4 is 22.1 Å². The number of aromatic nitrogens is 6. The topological polar surface area (TPSA) is 78.5 Å². The van der Waals surface area contributed by atoms with Gasteiger partial charge in [0.2, 0.25) is 0 Å². The molecule has 0 atom stereocenters. The molecule has 0 amide bonds. The molecular formula is C30H29F3N6O. The highest BCUT2D eigenvalue weighted by atomic mass is 19.4. The van der Waals surface area contributed by atoms with Crippen LogP contribution in [0.1, 0.15) is 71.2 Å². The second-order valence-corrected chi connectivity index (χ2v) is 10.8. The molecule has 1 aliphatic rings. The maximum Gasteiger partial charge on any atom is 0.418 e. The summed E-state index contributed by atoms with van der Waals surface area (Å²) in [5.41, 5.74) is 4.14. The third-order valence-corrected chi connectivity index (χ3v) is 8.21. The maximum atomic E-state index is 13.9. The van der Waals surface area contributed by atoms with Crippen molar-refractivity contribution in [3.63, 3.8) is 0 Å². The molecule has 0 bridgehead atoms. The number of alkyl halides is 3. The van der Waals surface area contributed by atoms with Crippen LogP contribution in [0.25, 0.3) is 22.1 Å². The van der Waals surface area contributed by atoms with E-state index in [2.05, 4.69) is 39.1 Å². The second kappa shape index (κ2) is 9.83. The van der Waals surface area contributed by atoms with E-state index in [-0.39, 0.29) is 29.4 Å². The van der Waals surface area contributed by atoms with E-state index in [9.17, 15) is 18.0 Å². The smallest absolute Gasteiger partial charge is 0.285 e. The molecule has 40 heavy (non-hydrogen) atoms. The number of fused-ring (bicyclic) bond motifs is 2. The molecule has 0 radical (unpaired) electrons. The van der Waals surface area contributed by atoms with Crippen LogP contribution in [0.3, 0.4) is 0 Å². The van der Waals surface area contributed by atoms with Crippen LogP contribution in [-0.4, -0.2) is 29.3 Å². The summed E-state index contributed by atoms with van der Waals surface area (Å²) in [6.07, 6.45) is 3.64. The van der Waals surface area contributed by atoms with Crippen LogP contribution in [0.15, 0.2) is 53.7 Å². The van der Waals surface area contributed by atoms with E-state index < -0.39 is 11.7 Å². The minimum atomic E-state index is -4.59. The van der Waals surface area contributed by atoms with Crippen molar-refractivity contribution in [3.05, 3.63) is 92.9 Å². The first kappa shape index (κ1) is 26.2. The third kappa shape index (κ3) is 4.55. The molecule has 1 fully saturated rings. The number of hydrogen-bond acceptors (Lipinski definition) is 5. The van der Waals surface area contributed by atoms with Crippen LogP contribution in [0.2, 0.25) is 0 Å². The Morgan fingerprint density at radius 3 is 2.50 bits per heavy atom. The highest BCUT2D eigenvalue weighted by Crippen LogP contribution is 2.43. The molecule has 7 nitrogen and oxygen atoms in total. The second-order valence-electron chi connectivity index (χ2n) is 10.8. The number of benzene rings is 1. The number of aryl methyl sites for hydroxylation is 3. The standard InChI is InChI=1S/C30H29F3N6O/c1-17-6-11-26-22(15-36-38(26)3)27(17)20-9-7-19(8-10-20)21-13-24-28(37-18(2)14-35-24)39(29(21)40)16-25-23(30(31,32)33)5-4-12-34-25/h4-6,11-15,19-20H,7-10,16H2,1-3H3/t19-,20-. The van der Waals surface area contributed by atoms with E-state index in [1.165, 1.54) is 33.3 Å². The zero-order valence-corrected chi connectivity index (χ0v) is 22.5. The molecule has 1 saturated carbocycles. The largest absolute Gasteiger partial charge is 0.418 e. The fourth-order valence-corrected chi connectivity index (χ4v) is 6.24. The Morgan fingerprint density at radius 1 is 1.00 bits per heavy atom. The van der Waals surface area contributed by atoms with E-state index in [4.69, 9.17) is 0 Å². The zero-order chi connectivity index (χ0) is 28.2. The lowest BCUT2D eigenvalue weighted by atomic mass is 9.75. The number of rotatable bonds is 4. The van der Waals surface area contributed by atoms with Crippen molar-refractivity contribution in [1.82, 2.24) is 29.3 Å². The molecule has 6 rings (SSSR count). The number of nitrogens with zero attached hydrogens (tertiary/aromatic N) is 6. The van der Waals surface area contributed by atoms with E-state index >= 15 is 0 Å². The van der Waals surface area contributed by atoms with E-state index in [1.807, 2.05) is 17.9 Å². The van der Waals surface area contributed by atoms with Gasteiger partial charge in [0.15, 0.2) is 5.65 Å². The Labute approximate surface area is 228 Å². The average molecular weight is 547 g/mol. The lowest BCUT2D eigenvalue weighted by Gasteiger charge is -2.30. The molecule has 1 aliphatic carbocycles. The molecule has 206 valence electrons. The predicted octanol–water partition coefficient (Wildman–Crippen LogP) is 6.20. The van der Waals surface area contributed by atoms with Crippen molar-refractivity contribution in [1.29, 1.82) is 0 Å². The maximum absolute atomic E-state index is 13.9. The number of halogens is 3. The lowest BCUT2D eigenvalue weighted by molar-refractivity contribution is -0.138. The lowest BCUT2D eigenvalue weighted by Crippen LogP contribution is -2.29. The Hall–Kier alpha value is -4.08. The van der Waals surface area contributed by atoms with Gasteiger partial charge in [0.05, 0.1) is 35.2 Å². The molecule has 1 aromatic carbocycles. The monoisotopic (exact) mass is 546 g/mol. The van der Waals surface area contributed by atoms with Gasteiger partial charge in [0, 0.05) is 30.4 Å². The summed E-state index contributed by atoms with van der Waals surface area (Å²) in [5.74, 6) is 0.318. The van der Waals surface area contributed by atoms with Gasteiger partial charge in [-0.25, -0.2) is 4.98 Å². The van der Waals surface area contributed by atoms with E-state index in [1.54, 1.807) is 19.2 Å². The number of hydrogen-bond donors (Lipinski definition) is 0. The summed E-state index contributed by atoms with van der Waals surface area (Å²) in [7, 11) is 1.94. The summed E-state index contributed by atoms with van der Waals surface area (Å²) in [4.78, 5) is 26.9. The van der Waals surface area contributed by atoms with Crippen LogP contribution < -0.4 is 5.56 Å². The average Bonchev–Trinajstić information content (AvgIpc) is 3.30. The van der Waals surface area contributed by atoms with Gasteiger partial charge >= 0.3 is 6.18 Å². The predicted molar refractivity (Wildman–Crippen MR) is 146 cm³/mol.